The summed E-state index contributed by atoms with van der Waals surface area (Å²) in [6, 6.07) is -0.175. The lowest BCUT2D eigenvalue weighted by molar-refractivity contribution is -0.00165. The summed E-state index contributed by atoms with van der Waals surface area (Å²) in [6.07, 6.45) is 1.37. The fourth-order valence-electron chi connectivity index (χ4n) is 2.02. The highest BCUT2D eigenvalue weighted by atomic mass is 32.2. The molecule has 0 amide bonds. The van der Waals surface area contributed by atoms with Crippen LogP contribution in [0, 0.1) is 0 Å². The minimum atomic E-state index is -2.96. The molecule has 1 aromatic heterocycles. The van der Waals surface area contributed by atoms with Crippen LogP contribution in [0.4, 0.5) is 0 Å². The maximum absolute atomic E-state index is 11.4. The number of rotatable bonds is 0. The molecule has 6 nitrogen and oxygen atoms in total. The lowest BCUT2D eigenvalue weighted by atomic mass is 10.2. The van der Waals surface area contributed by atoms with E-state index < -0.39 is 9.84 Å². The van der Waals surface area contributed by atoms with E-state index in [0.29, 0.717) is 6.61 Å². The molecule has 2 aliphatic rings. The third-order valence-corrected chi connectivity index (χ3v) is 4.37. The molecule has 76 valence electrons. The Morgan fingerprint density at radius 3 is 3.21 bits per heavy atom. The van der Waals surface area contributed by atoms with Gasteiger partial charge in [0.05, 0.1) is 42.1 Å². The van der Waals surface area contributed by atoms with Crippen LogP contribution >= 0.6 is 0 Å². The predicted octanol–water partition coefficient (Wildman–Crippen LogP) is -0.854. The average molecular weight is 215 g/mol. The lowest BCUT2D eigenvalue weighted by Crippen LogP contribution is -2.32. The van der Waals surface area contributed by atoms with Crippen LogP contribution in [-0.2, 0) is 21.2 Å². The first kappa shape index (κ1) is 8.37. The van der Waals surface area contributed by atoms with Crippen molar-refractivity contribution in [1.82, 2.24) is 15.0 Å². The SMILES string of the molecule is O=S1(=O)CC2OCc3cnnn3C2C1. The summed E-state index contributed by atoms with van der Waals surface area (Å²) in [5.41, 5.74) is 0.850. The Kier molecular flexibility index (Phi) is 1.52. The fraction of sp³-hybridized carbons (Fsp3) is 0.714. The van der Waals surface area contributed by atoms with Gasteiger partial charge in [-0.25, -0.2) is 13.1 Å². The molecule has 0 saturated carbocycles. The molecule has 3 rings (SSSR count). The van der Waals surface area contributed by atoms with Gasteiger partial charge in [0.25, 0.3) is 0 Å². The van der Waals surface area contributed by atoms with Crippen LogP contribution in [0.1, 0.15) is 11.7 Å². The molecule has 0 bridgehead atoms. The van der Waals surface area contributed by atoms with E-state index in [0.717, 1.165) is 5.69 Å². The third kappa shape index (κ3) is 1.09. The molecular formula is C7H9N3O3S. The summed E-state index contributed by atoms with van der Waals surface area (Å²) in [7, 11) is -2.96. The Bertz CT molecular complexity index is 466. The molecule has 2 aliphatic heterocycles. The summed E-state index contributed by atoms with van der Waals surface area (Å²) < 4.78 is 29.9. The molecule has 0 radical (unpaired) electrons. The maximum Gasteiger partial charge on any atom is 0.155 e. The maximum atomic E-state index is 11.4. The monoisotopic (exact) mass is 215 g/mol. The van der Waals surface area contributed by atoms with E-state index in [-0.39, 0.29) is 23.7 Å². The number of fused-ring (bicyclic) bond motifs is 3. The van der Waals surface area contributed by atoms with Gasteiger partial charge in [-0.1, -0.05) is 5.21 Å². The molecular weight excluding hydrogens is 206 g/mol. The normalized spacial score (nSPS) is 33.7. The van der Waals surface area contributed by atoms with Gasteiger partial charge in [-0.05, 0) is 0 Å². The Labute approximate surface area is 80.8 Å². The van der Waals surface area contributed by atoms with Crippen LogP contribution in [0.25, 0.3) is 0 Å². The number of hydrogen-bond donors (Lipinski definition) is 0. The standard InChI is InChI=1S/C7H9N3O3S/c11-14(12)3-6-7(4-14)13-2-5-1-8-9-10(5)6/h1,6-7H,2-4H2. The van der Waals surface area contributed by atoms with Gasteiger partial charge in [-0.15, -0.1) is 5.10 Å². The Morgan fingerprint density at radius 1 is 1.50 bits per heavy atom. The number of nitrogens with zero attached hydrogens (tertiary/aromatic N) is 3. The van der Waals surface area contributed by atoms with E-state index in [4.69, 9.17) is 4.74 Å². The summed E-state index contributed by atoms with van der Waals surface area (Å²) in [5, 5.41) is 7.64. The zero-order valence-electron chi connectivity index (χ0n) is 7.33. The molecule has 1 fully saturated rings. The Balaban J connectivity index is 2.07. The van der Waals surface area contributed by atoms with Gasteiger partial charge in [0.15, 0.2) is 9.84 Å². The highest BCUT2D eigenvalue weighted by Gasteiger charge is 2.43. The van der Waals surface area contributed by atoms with Gasteiger partial charge < -0.3 is 4.74 Å². The molecule has 1 saturated heterocycles. The quantitative estimate of drug-likeness (QED) is 0.563. The molecule has 2 atom stereocenters. The van der Waals surface area contributed by atoms with E-state index in [9.17, 15) is 8.42 Å². The molecule has 7 heteroatoms. The first-order chi connectivity index (χ1) is 6.66. The Morgan fingerprint density at radius 2 is 2.36 bits per heavy atom. The van der Waals surface area contributed by atoms with Crippen LogP contribution in [0.3, 0.4) is 0 Å². The molecule has 14 heavy (non-hydrogen) atoms. The van der Waals surface area contributed by atoms with Crippen LogP contribution in [0.5, 0.6) is 0 Å². The van der Waals surface area contributed by atoms with E-state index in [1.165, 1.54) is 0 Å². The lowest BCUT2D eigenvalue weighted by Gasteiger charge is -2.25. The topological polar surface area (TPSA) is 74.1 Å². The van der Waals surface area contributed by atoms with Crippen molar-refractivity contribution >= 4 is 9.84 Å². The number of ether oxygens (including phenoxy) is 1. The van der Waals surface area contributed by atoms with Crippen molar-refractivity contribution in [2.24, 2.45) is 0 Å². The van der Waals surface area contributed by atoms with E-state index >= 15 is 0 Å². The first-order valence-corrected chi connectivity index (χ1v) is 6.19. The van der Waals surface area contributed by atoms with Crippen molar-refractivity contribution in [2.75, 3.05) is 11.5 Å². The van der Waals surface area contributed by atoms with Crippen molar-refractivity contribution < 1.29 is 13.2 Å². The van der Waals surface area contributed by atoms with Crippen molar-refractivity contribution in [2.45, 2.75) is 18.8 Å². The highest BCUT2D eigenvalue weighted by molar-refractivity contribution is 7.91. The first-order valence-electron chi connectivity index (χ1n) is 4.37. The van der Waals surface area contributed by atoms with Crippen molar-refractivity contribution in [3.05, 3.63) is 11.9 Å². The van der Waals surface area contributed by atoms with E-state index in [2.05, 4.69) is 10.3 Å². The molecule has 0 aliphatic carbocycles. The summed E-state index contributed by atoms with van der Waals surface area (Å²) in [4.78, 5) is 0. The predicted molar refractivity (Wildman–Crippen MR) is 46.3 cm³/mol. The minimum Gasteiger partial charge on any atom is -0.369 e. The molecule has 0 aromatic carbocycles. The molecule has 0 N–H and O–H groups in total. The van der Waals surface area contributed by atoms with Crippen LogP contribution in [0.2, 0.25) is 0 Å². The zero-order chi connectivity index (χ0) is 9.76. The summed E-state index contributed by atoms with van der Waals surface area (Å²) in [5.74, 6) is 0.227. The second kappa shape index (κ2) is 2.54. The highest BCUT2D eigenvalue weighted by Crippen LogP contribution is 2.31. The third-order valence-electron chi connectivity index (χ3n) is 2.68. The van der Waals surface area contributed by atoms with Gasteiger partial charge >= 0.3 is 0 Å². The van der Waals surface area contributed by atoms with E-state index in [1.54, 1.807) is 10.9 Å². The van der Waals surface area contributed by atoms with Gasteiger partial charge in [0.2, 0.25) is 0 Å². The second-order valence-electron chi connectivity index (χ2n) is 3.66. The van der Waals surface area contributed by atoms with Gasteiger partial charge in [-0.2, -0.15) is 0 Å². The average Bonchev–Trinajstić information content (AvgIpc) is 2.64. The molecule has 1 aromatic rings. The van der Waals surface area contributed by atoms with Gasteiger partial charge in [-0.3, -0.25) is 0 Å². The molecule has 0 spiro atoms. The number of hydrogen-bond acceptors (Lipinski definition) is 5. The van der Waals surface area contributed by atoms with Crippen LogP contribution in [-0.4, -0.2) is 41.0 Å². The summed E-state index contributed by atoms with van der Waals surface area (Å²) >= 11 is 0. The Hall–Kier alpha value is -0.950. The van der Waals surface area contributed by atoms with Gasteiger partial charge in [0.1, 0.15) is 0 Å². The zero-order valence-corrected chi connectivity index (χ0v) is 8.14. The van der Waals surface area contributed by atoms with Gasteiger partial charge in [0, 0.05) is 0 Å². The van der Waals surface area contributed by atoms with Crippen molar-refractivity contribution in [3.63, 3.8) is 0 Å². The number of aromatic nitrogens is 3. The van der Waals surface area contributed by atoms with Crippen molar-refractivity contribution in [3.8, 4) is 0 Å². The van der Waals surface area contributed by atoms with E-state index in [1.807, 2.05) is 0 Å². The minimum absolute atomic E-state index is 0.108. The number of sulfone groups is 1. The summed E-state index contributed by atoms with van der Waals surface area (Å²) in [6.45, 7) is 0.406. The molecule has 3 heterocycles. The fourth-order valence-corrected chi connectivity index (χ4v) is 3.86. The smallest absolute Gasteiger partial charge is 0.155 e. The largest absolute Gasteiger partial charge is 0.369 e. The van der Waals surface area contributed by atoms with Crippen LogP contribution < -0.4 is 0 Å². The van der Waals surface area contributed by atoms with Crippen molar-refractivity contribution in [1.29, 1.82) is 0 Å². The molecule has 2 unspecified atom stereocenters. The van der Waals surface area contributed by atoms with Crippen LogP contribution in [0.15, 0.2) is 6.20 Å². The second-order valence-corrected chi connectivity index (χ2v) is 5.82.